The van der Waals surface area contributed by atoms with Crippen LogP contribution in [0.1, 0.15) is 30.1 Å². The minimum atomic E-state index is -0.554. The number of benzene rings is 1. The number of ketones is 1. The number of nitrogens with zero attached hydrogens (tertiary/aromatic N) is 1. The summed E-state index contributed by atoms with van der Waals surface area (Å²) < 4.78 is 5.48. The van der Waals surface area contributed by atoms with Crippen molar-refractivity contribution in [3.63, 3.8) is 0 Å². The van der Waals surface area contributed by atoms with Gasteiger partial charge in [-0.25, -0.2) is 0 Å². The summed E-state index contributed by atoms with van der Waals surface area (Å²) >= 11 is 0. The Morgan fingerprint density at radius 2 is 2.24 bits per heavy atom. The average molecular weight is 235 g/mol. The van der Waals surface area contributed by atoms with E-state index in [9.17, 15) is 14.9 Å². The Morgan fingerprint density at radius 1 is 1.53 bits per heavy atom. The van der Waals surface area contributed by atoms with Crippen molar-refractivity contribution in [2.24, 2.45) is 5.92 Å². The summed E-state index contributed by atoms with van der Waals surface area (Å²) in [6, 6.07) is 4.30. The van der Waals surface area contributed by atoms with E-state index in [-0.39, 0.29) is 17.0 Å². The Kier molecular flexibility index (Phi) is 3.08. The molecule has 0 spiro atoms. The van der Waals surface area contributed by atoms with Crippen LogP contribution in [0.2, 0.25) is 0 Å². The maximum atomic E-state index is 11.3. The number of Topliss-reactive ketones (excluding diaryl/α,β-unsaturated/α-hetero) is 1. The number of nitro benzene ring substituents is 1. The van der Waals surface area contributed by atoms with Crippen LogP contribution in [0, 0.1) is 16.0 Å². The zero-order chi connectivity index (χ0) is 12.4. The molecular weight excluding hydrogens is 222 g/mol. The third-order valence-electron chi connectivity index (χ3n) is 2.73. The molecule has 0 unspecified atom stereocenters. The summed E-state index contributed by atoms with van der Waals surface area (Å²) in [7, 11) is 0. The smallest absolute Gasteiger partial charge is 0.280 e. The second kappa shape index (κ2) is 4.53. The molecule has 90 valence electrons. The van der Waals surface area contributed by atoms with Gasteiger partial charge in [0.15, 0.2) is 5.78 Å². The van der Waals surface area contributed by atoms with E-state index >= 15 is 0 Å². The van der Waals surface area contributed by atoms with Gasteiger partial charge >= 0.3 is 0 Å². The van der Waals surface area contributed by atoms with E-state index in [1.165, 1.54) is 38.0 Å². The SMILES string of the molecule is CC(=O)c1cc(OCC2CC2)ccc1[N+](=O)[O-]. The standard InChI is InChI=1S/C12H13NO4/c1-8(14)11-6-10(17-7-9-2-3-9)4-5-12(11)13(15)16/h4-6,9H,2-3,7H2,1H3. The third kappa shape index (κ3) is 2.81. The first kappa shape index (κ1) is 11.6. The van der Waals surface area contributed by atoms with E-state index in [2.05, 4.69) is 0 Å². The summed E-state index contributed by atoms with van der Waals surface area (Å²) in [6.45, 7) is 1.93. The Hall–Kier alpha value is -1.91. The van der Waals surface area contributed by atoms with Gasteiger partial charge < -0.3 is 4.74 Å². The number of ether oxygens (including phenoxy) is 1. The molecule has 1 fully saturated rings. The molecule has 0 radical (unpaired) electrons. The van der Waals surface area contributed by atoms with Gasteiger partial charge in [-0.05, 0) is 37.8 Å². The number of nitro groups is 1. The Labute approximate surface area is 98.5 Å². The van der Waals surface area contributed by atoms with Gasteiger partial charge in [-0.3, -0.25) is 14.9 Å². The molecule has 0 heterocycles. The third-order valence-corrected chi connectivity index (χ3v) is 2.73. The molecule has 0 bridgehead atoms. The highest BCUT2D eigenvalue weighted by molar-refractivity contribution is 5.98. The van der Waals surface area contributed by atoms with Crippen molar-refractivity contribution in [3.8, 4) is 5.75 Å². The van der Waals surface area contributed by atoms with E-state index < -0.39 is 4.92 Å². The van der Waals surface area contributed by atoms with Gasteiger partial charge in [0, 0.05) is 6.07 Å². The molecule has 0 aliphatic heterocycles. The Bertz CT molecular complexity index is 466. The van der Waals surface area contributed by atoms with Gasteiger partial charge in [-0.2, -0.15) is 0 Å². The van der Waals surface area contributed by atoms with Crippen LogP contribution < -0.4 is 4.74 Å². The molecule has 17 heavy (non-hydrogen) atoms. The fourth-order valence-electron chi connectivity index (χ4n) is 1.54. The van der Waals surface area contributed by atoms with Crippen molar-refractivity contribution in [1.29, 1.82) is 0 Å². The van der Waals surface area contributed by atoms with Gasteiger partial charge in [0.25, 0.3) is 5.69 Å². The van der Waals surface area contributed by atoms with Crippen molar-refractivity contribution in [1.82, 2.24) is 0 Å². The fourth-order valence-corrected chi connectivity index (χ4v) is 1.54. The number of hydrogen-bond acceptors (Lipinski definition) is 4. The number of carbonyl (C=O) groups excluding carboxylic acids is 1. The summed E-state index contributed by atoms with van der Waals surface area (Å²) in [6.07, 6.45) is 2.35. The van der Waals surface area contributed by atoms with Crippen LogP contribution in [-0.4, -0.2) is 17.3 Å². The second-order valence-electron chi connectivity index (χ2n) is 4.25. The topological polar surface area (TPSA) is 69.4 Å². The van der Waals surface area contributed by atoms with Crippen LogP contribution in [0.4, 0.5) is 5.69 Å². The molecule has 5 nitrogen and oxygen atoms in total. The van der Waals surface area contributed by atoms with Crippen LogP contribution in [0.15, 0.2) is 18.2 Å². The highest BCUT2D eigenvalue weighted by atomic mass is 16.6. The molecule has 1 aromatic carbocycles. The lowest BCUT2D eigenvalue weighted by atomic mass is 10.1. The molecular formula is C12H13NO4. The van der Waals surface area contributed by atoms with E-state index in [1.807, 2.05) is 0 Å². The summed E-state index contributed by atoms with van der Waals surface area (Å²) in [4.78, 5) is 21.5. The fraction of sp³-hybridized carbons (Fsp3) is 0.417. The molecule has 1 saturated carbocycles. The quantitative estimate of drug-likeness (QED) is 0.447. The molecule has 0 saturated heterocycles. The molecule has 0 atom stereocenters. The molecule has 0 N–H and O–H groups in total. The molecule has 0 amide bonds. The van der Waals surface area contributed by atoms with Crippen molar-refractivity contribution in [2.45, 2.75) is 19.8 Å². The first-order chi connectivity index (χ1) is 8.08. The van der Waals surface area contributed by atoms with Crippen LogP contribution in [0.3, 0.4) is 0 Å². The Morgan fingerprint density at radius 3 is 2.76 bits per heavy atom. The minimum Gasteiger partial charge on any atom is -0.493 e. The number of rotatable bonds is 5. The highest BCUT2D eigenvalue weighted by Crippen LogP contribution is 2.30. The molecule has 5 heteroatoms. The van der Waals surface area contributed by atoms with Crippen molar-refractivity contribution in [2.75, 3.05) is 6.61 Å². The van der Waals surface area contributed by atoms with E-state index in [0.717, 1.165) is 0 Å². The van der Waals surface area contributed by atoms with Gasteiger partial charge in [-0.1, -0.05) is 0 Å². The molecule has 1 aromatic rings. The summed E-state index contributed by atoms with van der Waals surface area (Å²) in [5, 5.41) is 10.7. The summed E-state index contributed by atoms with van der Waals surface area (Å²) in [5.41, 5.74) is -0.0698. The maximum absolute atomic E-state index is 11.3. The van der Waals surface area contributed by atoms with Crippen molar-refractivity contribution in [3.05, 3.63) is 33.9 Å². The molecule has 0 aromatic heterocycles. The predicted octanol–water partition coefficient (Wildman–Crippen LogP) is 2.59. The van der Waals surface area contributed by atoms with Crippen molar-refractivity contribution >= 4 is 11.5 Å². The molecule has 1 aliphatic carbocycles. The lowest BCUT2D eigenvalue weighted by Gasteiger charge is -2.06. The monoisotopic (exact) mass is 235 g/mol. The van der Waals surface area contributed by atoms with Crippen LogP contribution in [-0.2, 0) is 0 Å². The molecule has 1 aliphatic rings. The predicted molar refractivity (Wildman–Crippen MR) is 61.3 cm³/mol. The normalized spacial score (nSPS) is 14.4. The Balaban J connectivity index is 2.20. The first-order valence-corrected chi connectivity index (χ1v) is 5.50. The van der Waals surface area contributed by atoms with Gasteiger partial charge in [0.05, 0.1) is 17.1 Å². The molecule has 2 rings (SSSR count). The first-order valence-electron chi connectivity index (χ1n) is 5.50. The average Bonchev–Trinajstić information content (AvgIpc) is 3.09. The zero-order valence-corrected chi connectivity index (χ0v) is 9.51. The van der Waals surface area contributed by atoms with E-state index in [0.29, 0.717) is 18.3 Å². The second-order valence-corrected chi connectivity index (χ2v) is 4.25. The van der Waals surface area contributed by atoms with Crippen LogP contribution in [0.5, 0.6) is 5.75 Å². The van der Waals surface area contributed by atoms with Gasteiger partial charge in [-0.15, -0.1) is 0 Å². The van der Waals surface area contributed by atoms with Gasteiger partial charge in [0.1, 0.15) is 5.75 Å². The lowest BCUT2D eigenvalue weighted by Crippen LogP contribution is -2.03. The van der Waals surface area contributed by atoms with Crippen LogP contribution >= 0.6 is 0 Å². The highest BCUT2D eigenvalue weighted by Gasteiger charge is 2.23. The van der Waals surface area contributed by atoms with Crippen LogP contribution in [0.25, 0.3) is 0 Å². The van der Waals surface area contributed by atoms with E-state index in [4.69, 9.17) is 4.74 Å². The lowest BCUT2D eigenvalue weighted by molar-refractivity contribution is -0.385. The maximum Gasteiger partial charge on any atom is 0.280 e. The summed E-state index contributed by atoms with van der Waals surface area (Å²) in [5.74, 6) is 0.798. The zero-order valence-electron chi connectivity index (χ0n) is 9.51. The number of hydrogen-bond donors (Lipinski definition) is 0. The number of carbonyl (C=O) groups is 1. The van der Waals surface area contributed by atoms with Gasteiger partial charge in [0.2, 0.25) is 0 Å². The van der Waals surface area contributed by atoms with Crippen molar-refractivity contribution < 1.29 is 14.5 Å². The largest absolute Gasteiger partial charge is 0.493 e. The minimum absolute atomic E-state index is 0.100. The van der Waals surface area contributed by atoms with E-state index in [1.54, 1.807) is 0 Å².